The maximum Gasteiger partial charge on any atom is 0.243 e. The molecule has 1 aliphatic carbocycles. The van der Waals surface area contributed by atoms with Gasteiger partial charge in [-0.1, -0.05) is 97.6 Å². The summed E-state index contributed by atoms with van der Waals surface area (Å²) in [6.07, 6.45) is 6.27. The maximum absolute atomic E-state index is 13.8. The van der Waals surface area contributed by atoms with E-state index >= 15 is 0 Å². The summed E-state index contributed by atoms with van der Waals surface area (Å²) in [5.41, 5.74) is 1.87. The molecule has 0 spiro atoms. The van der Waals surface area contributed by atoms with E-state index < -0.39 is 6.04 Å². The molecule has 0 heterocycles. The average molecular weight is 535 g/mol. The third-order valence-electron chi connectivity index (χ3n) is 6.85. The minimum absolute atomic E-state index is 0.0388. The molecule has 37 heavy (non-hydrogen) atoms. The molecule has 6 heteroatoms. The summed E-state index contributed by atoms with van der Waals surface area (Å²) in [5.74, 6) is 0.527. The zero-order chi connectivity index (χ0) is 25.9. The number of nitrogens with zero attached hydrogens (tertiary/aromatic N) is 1. The van der Waals surface area contributed by atoms with Crippen molar-refractivity contribution in [3.63, 3.8) is 0 Å². The van der Waals surface area contributed by atoms with Crippen molar-refractivity contribution in [2.75, 3.05) is 5.75 Å². The standard InChI is InChI=1S/C31H35ClN2O2S/c32-28-19-11-10-14-25(28)23-34(30(35)20-21-37-27-17-8-3-9-18-27)29(22-24-12-4-1-5-13-24)31(36)33-26-15-6-2-7-16-26/h1,3-5,8-14,17-19,26,29H,2,6-7,15-16,20-23H2,(H,33,36). The summed E-state index contributed by atoms with van der Waals surface area (Å²) < 4.78 is 0. The van der Waals surface area contributed by atoms with Gasteiger partial charge in [0.2, 0.25) is 11.8 Å². The zero-order valence-corrected chi connectivity index (χ0v) is 22.7. The van der Waals surface area contributed by atoms with Gasteiger partial charge in [-0.05, 0) is 42.2 Å². The summed E-state index contributed by atoms with van der Waals surface area (Å²) in [6.45, 7) is 0.296. The molecule has 1 saturated carbocycles. The normalized spacial score (nSPS) is 14.6. The fraction of sp³-hybridized carbons (Fsp3) is 0.355. The van der Waals surface area contributed by atoms with Gasteiger partial charge in [0.25, 0.3) is 0 Å². The molecule has 4 nitrogen and oxygen atoms in total. The third kappa shape index (κ3) is 8.37. The van der Waals surface area contributed by atoms with E-state index in [9.17, 15) is 9.59 Å². The van der Waals surface area contributed by atoms with Crippen molar-refractivity contribution in [2.45, 2.75) is 68.5 Å². The third-order valence-corrected chi connectivity index (χ3v) is 8.23. The second-order valence-electron chi connectivity index (χ2n) is 9.57. The lowest BCUT2D eigenvalue weighted by molar-refractivity contribution is -0.141. The van der Waals surface area contributed by atoms with E-state index in [2.05, 4.69) is 5.32 Å². The first-order chi connectivity index (χ1) is 18.1. The summed E-state index contributed by atoms with van der Waals surface area (Å²) in [4.78, 5) is 30.4. The highest BCUT2D eigenvalue weighted by Gasteiger charge is 2.32. The molecule has 0 radical (unpaired) electrons. The van der Waals surface area contributed by atoms with Gasteiger partial charge in [0.1, 0.15) is 6.04 Å². The molecule has 1 fully saturated rings. The van der Waals surface area contributed by atoms with Crippen molar-refractivity contribution in [3.05, 3.63) is 101 Å². The van der Waals surface area contributed by atoms with E-state index in [1.165, 1.54) is 6.42 Å². The molecule has 194 valence electrons. The van der Waals surface area contributed by atoms with Crippen LogP contribution in [0, 0.1) is 0 Å². The SMILES string of the molecule is O=C(NC1CCCCC1)C(Cc1ccccc1)N(Cc1ccccc1Cl)C(=O)CCSc1ccccc1. The van der Waals surface area contributed by atoms with Crippen LogP contribution in [0.3, 0.4) is 0 Å². The molecule has 1 atom stereocenters. The van der Waals surface area contributed by atoms with Gasteiger partial charge in [0.15, 0.2) is 0 Å². The average Bonchev–Trinajstić information content (AvgIpc) is 2.93. The fourth-order valence-corrected chi connectivity index (χ4v) is 5.88. The van der Waals surface area contributed by atoms with Crippen LogP contribution < -0.4 is 5.32 Å². The lowest BCUT2D eigenvalue weighted by atomic mass is 9.94. The highest BCUT2D eigenvalue weighted by molar-refractivity contribution is 7.99. The van der Waals surface area contributed by atoms with Crippen molar-refractivity contribution in [1.82, 2.24) is 10.2 Å². The number of rotatable bonds is 11. The van der Waals surface area contributed by atoms with Crippen molar-refractivity contribution in [3.8, 4) is 0 Å². The highest BCUT2D eigenvalue weighted by Crippen LogP contribution is 2.24. The molecule has 1 aliphatic rings. The first kappa shape index (κ1) is 27.3. The molecule has 0 aromatic heterocycles. The molecule has 0 aliphatic heterocycles. The molecule has 3 aromatic carbocycles. The van der Waals surface area contributed by atoms with E-state index in [-0.39, 0.29) is 17.9 Å². The van der Waals surface area contributed by atoms with Gasteiger partial charge in [0, 0.05) is 41.1 Å². The number of hydrogen-bond acceptors (Lipinski definition) is 3. The second kappa shape index (κ2) is 14.3. The Morgan fingerprint density at radius 2 is 1.54 bits per heavy atom. The number of thioether (sulfide) groups is 1. The van der Waals surface area contributed by atoms with Gasteiger partial charge in [-0.3, -0.25) is 9.59 Å². The molecule has 0 bridgehead atoms. The Hall–Kier alpha value is -2.76. The lowest BCUT2D eigenvalue weighted by Gasteiger charge is -2.33. The van der Waals surface area contributed by atoms with E-state index in [1.54, 1.807) is 16.7 Å². The summed E-state index contributed by atoms with van der Waals surface area (Å²) in [5, 5.41) is 3.89. The van der Waals surface area contributed by atoms with Crippen LogP contribution in [-0.2, 0) is 22.6 Å². The van der Waals surface area contributed by atoms with Crippen LogP contribution in [-0.4, -0.2) is 34.6 Å². The molecular weight excluding hydrogens is 500 g/mol. The molecule has 1 unspecified atom stereocenters. The quantitative estimate of drug-likeness (QED) is 0.272. The minimum atomic E-state index is -0.616. The van der Waals surface area contributed by atoms with Crippen molar-refractivity contribution < 1.29 is 9.59 Å². The van der Waals surface area contributed by atoms with Crippen molar-refractivity contribution >= 4 is 35.2 Å². The Kier molecular flexibility index (Phi) is 10.5. The van der Waals surface area contributed by atoms with Crippen molar-refractivity contribution in [2.24, 2.45) is 0 Å². The van der Waals surface area contributed by atoms with E-state index in [0.29, 0.717) is 30.2 Å². The lowest BCUT2D eigenvalue weighted by Crippen LogP contribution is -2.53. The number of carbonyl (C=O) groups is 2. The van der Waals surface area contributed by atoms with Gasteiger partial charge < -0.3 is 10.2 Å². The zero-order valence-electron chi connectivity index (χ0n) is 21.2. The second-order valence-corrected chi connectivity index (χ2v) is 11.1. The van der Waals surface area contributed by atoms with Crippen LogP contribution in [0.2, 0.25) is 5.02 Å². The molecule has 2 amide bonds. The van der Waals surface area contributed by atoms with Gasteiger partial charge in [-0.2, -0.15) is 0 Å². The minimum Gasteiger partial charge on any atom is -0.352 e. The Morgan fingerprint density at radius 1 is 0.892 bits per heavy atom. The van der Waals surface area contributed by atoms with Gasteiger partial charge in [-0.25, -0.2) is 0 Å². The molecule has 4 rings (SSSR count). The Bertz CT molecular complexity index is 1140. The number of halogens is 1. The molecule has 3 aromatic rings. The first-order valence-electron chi connectivity index (χ1n) is 13.1. The number of hydrogen-bond donors (Lipinski definition) is 1. The maximum atomic E-state index is 13.8. The van der Waals surface area contributed by atoms with E-state index in [1.807, 2.05) is 84.9 Å². The van der Waals surface area contributed by atoms with Crippen LogP contribution in [0.4, 0.5) is 0 Å². The number of amides is 2. The van der Waals surface area contributed by atoms with Crippen LogP contribution in [0.5, 0.6) is 0 Å². The van der Waals surface area contributed by atoms with E-state index in [4.69, 9.17) is 11.6 Å². The van der Waals surface area contributed by atoms with Crippen LogP contribution in [0.1, 0.15) is 49.7 Å². The predicted molar refractivity (Wildman–Crippen MR) is 153 cm³/mol. The topological polar surface area (TPSA) is 49.4 Å². The van der Waals surface area contributed by atoms with Crippen molar-refractivity contribution in [1.29, 1.82) is 0 Å². The number of benzene rings is 3. The predicted octanol–water partition coefficient (Wildman–Crippen LogP) is 6.91. The smallest absolute Gasteiger partial charge is 0.243 e. The van der Waals surface area contributed by atoms with Crippen LogP contribution >= 0.6 is 23.4 Å². The summed E-state index contributed by atoms with van der Waals surface area (Å²) in [6, 6.07) is 27.2. The van der Waals surface area contributed by atoms with Crippen LogP contribution in [0.15, 0.2) is 89.8 Å². The summed E-state index contributed by atoms with van der Waals surface area (Å²) in [7, 11) is 0. The number of carbonyl (C=O) groups excluding carboxylic acids is 2. The highest BCUT2D eigenvalue weighted by atomic mass is 35.5. The monoisotopic (exact) mass is 534 g/mol. The molecule has 0 saturated heterocycles. The van der Waals surface area contributed by atoms with Gasteiger partial charge in [0.05, 0.1) is 0 Å². The van der Waals surface area contributed by atoms with Gasteiger partial charge in [-0.15, -0.1) is 11.8 Å². The molecule has 1 N–H and O–H groups in total. The Balaban J connectivity index is 1.57. The Morgan fingerprint density at radius 3 is 2.24 bits per heavy atom. The fourth-order valence-electron chi connectivity index (χ4n) is 4.82. The first-order valence-corrected chi connectivity index (χ1v) is 14.5. The largest absolute Gasteiger partial charge is 0.352 e. The van der Waals surface area contributed by atoms with E-state index in [0.717, 1.165) is 41.7 Å². The molecular formula is C31H35ClN2O2S. The Labute approximate surface area is 229 Å². The number of nitrogens with one attached hydrogen (secondary N) is 1. The summed E-state index contributed by atoms with van der Waals surface area (Å²) >= 11 is 8.17. The van der Waals surface area contributed by atoms with Crippen LogP contribution in [0.25, 0.3) is 0 Å². The van der Waals surface area contributed by atoms with Gasteiger partial charge >= 0.3 is 0 Å².